The number of hydrogen-bond acceptors (Lipinski definition) is 1. The van der Waals surface area contributed by atoms with Gasteiger partial charge in [-0.15, -0.1) is 0 Å². The summed E-state index contributed by atoms with van der Waals surface area (Å²) in [4.78, 5) is 0. The Morgan fingerprint density at radius 1 is 1.46 bits per heavy atom. The molecule has 3 heteroatoms. The van der Waals surface area contributed by atoms with E-state index in [4.69, 9.17) is 0 Å². The van der Waals surface area contributed by atoms with Gasteiger partial charge in [0.05, 0.1) is 5.69 Å². The summed E-state index contributed by atoms with van der Waals surface area (Å²) in [6.07, 6.45) is 1.22. The first-order chi connectivity index (χ1) is 6.25. The Hall–Kier alpha value is -0.570. The van der Waals surface area contributed by atoms with Crippen molar-refractivity contribution in [2.75, 3.05) is 11.9 Å². The van der Waals surface area contributed by atoms with Crippen molar-refractivity contribution in [1.82, 2.24) is 0 Å². The monoisotopic (exact) mass is 241 g/mol. The van der Waals surface area contributed by atoms with Crippen molar-refractivity contribution < 1.29 is 4.39 Å². The quantitative estimate of drug-likeness (QED) is 0.737. The molecule has 3 rings (SSSR count). The lowest BCUT2D eigenvalue weighted by Gasteiger charge is -2.18. The number of benzene rings is 1. The van der Waals surface area contributed by atoms with E-state index >= 15 is 0 Å². The van der Waals surface area contributed by atoms with Gasteiger partial charge in [0.1, 0.15) is 5.82 Å². The summed E-state index contributed by atoms with van der Waals surface area (Å²) >= 11 is 3.32. The summed E-state index contributed by atoms with van der Waals surface area (Å²) in [6, 6.07) is 3.56. The Labute approximate surface area is 84.5 Å². The second kappa shape index (κ2) is 2.47. The second-order valence-corrected chi connectivity index (χ2v) is 4.75. The van der Waals surface area contributed by atoms with E-state index < -0.39 is 0 Å². The lowest BCUT2D eigenvalue weighted by molar-refractivity contribution is 0.622. The summed E-state index contributed by atoms with van der Waals surface area (Å²) in [5.41, 5.74) is 1.88. The summed E-state index contributed by atoms with van der Waals surface area (Å²) < 4.78 is 14.3. The smallest absolute Gasteiger partial charge is 0.147 e. The zero-order valence-corrected chi connectivity index (χ0v) is 8.57. The van der Waals surface area contributed by atoms with Gasteiger partial charge in [-0.05, 0) is 36.0 Å². The van der Waals surface area contributed by atoms with Crippen LogP contribution >= 0.6 is 15.9 Å². The predicted molar refractivity (Wildman–Crippen MR) is 53.4 cm³/mol. The number of anilines is 1. The lowest BCUT2D eigenvalue weighted by atomic mass is 10.0. The van der Waals surface area contributed by atoms with Crippen LogP contribution in [0.1, 0.15) is 17.9 Å². The van der Waals surface area contributed by atoms with Gasteiger partial charge in [0.2, 0.25) is 0 Å². The molecular weight excluding hydrogens is 233 g/mol. The molecule has 2 aliphatic rings. The third-order valence-corrected chi connectivity index (χ3v) is 3.41. The van der Waals surface area contributed by atoms with Crippen LogP contribution in [0.25, 0.3) is 0 Å². The Kier molecular flexibility index (Phi) is 1.48. The van der Waals surface area contributed by atoms with Crippen LogP contribution in [0.3, 0.4) is 0 Å². The maximum absolute atomic E-state index is 13.4. The largest absolute Gasteiger partial charge is 0.382 e. The van der Waals surface area contributed by atoms with Crippen molar-refractivity contribution in [3.63, 3.8) is 0 Å². The van der Waals surface area contributed by atoms with Gasteiger partial charge in [-0.2, -0.15) is 0 Å². The number of hydrogen-bond donors (Lipinski definition) is 1. The third kappa shape index (κ3) is 1.10. The first kappa shape index (κ1) is 7.80. The summed E-state index contributed by atoms with van der Waals surface area (Å²) in [5.74, 6) is 1.24. The van der Waals surface area contributed by atoms with E-state index in [0.717, 1.165) is 28.2 Å². The predicted octanol–water partition coefficient (Wildman–Crippen LogP) is 3.12. The van der Waals surface area contributed by atoms with Gasteiger partial charge >= 0.3 is 0 Å². The molecule has 0 saturated heterocycles. The van der Waals surface area contributed by atoms with Gasteiger partial charge in [0.15, 0.2) is 0 Å². The van der Waals surface area contributed by atoms with Crippen LogP contribution in [0.15, 0.2) is 16.6 Å². The zero-order chi connectivity index (χ0) is 9.00. The topological polar surface area (TPSA) is 12.0 Å². The van der Waals surface area contributed by atoms with Crippen molar-refractivity contribution in [1.29, 1.82) is 0 Å². The average molecular weight is 242 g/mol. The van der Waals surface area contributed by atoms with Gasteiger partial charge in [-0.25, -0.2) is 4.39 Å². The third-order valence-electron chi connectivity index (χ3n) is 2.95. The fourth-order valence-electron chi connectivity index (χ4n) is 2.16. The molecule has 1 aliphatic carbocycles. The first-order valence-electron chi connectivity index (χ1n) is 4.48. The Morgan fingerprint density at radius 3 is 3.15 bits per heavy atom. The summed E-state index contributed by atoms with van der Waals surface area (Å²) in [6.45, 7) is 0.941. The van der Waals surface area contributed by atoms with E-state index in [-0.39, 0.29) is 5.82 Å². The van der Waals surface area contributed by atoms with Crippen molar-refractivity contribution >= 4 is 21.6 Å². The molecule has 68 valence electrons. The van der Waals surface area contributed by atoms with Crippen molar-refractivity contribution in [3.05, 3.63) is 28.0 Å². The van der Waals surface area contributed by atoms with Crippen molar-refractivity contribution in [2.24, 2.45) is 5.92 Å². The molecule has 1 N–H and O–H groups in total. The van der Waals surface area contributed by atoms with E-state index in [1.54, 1.807) is 0 Å². The minimum absolute atomic E-state index is 0.130. The van der Waals surface area contributed by atoms with E-state index in [1.165, 1.54) is 12.5 Å². The number of fused-ring (bicyclic) bond motifs is 3. The average Bonchev–Trinajstić information content (AvgIpc) is 2.82. The van der Waals surface area contributed by atoms with Crippen molar-refractivity contribution in [3.8, 4) is 0 Å². The van der Waals surface area contributed by atoms with Crippen LogP contribution < -0.4 is 5.32 Å². The molecule has 2 atom stereocenters. The highest BCUT2D eigenvalue weighted by molar-refractivity contribution is 9.10. The zero-order valence-electron chi connectivity index (χ0n) is 6.98. The summed E-state index contributed by atoms with van der Waals surface area (Å²) in [7, 11) is 0. The van der Waals surface area contributed by atoms with E-state index in [9.17, 15) is 4.39 Å². The minimum Gasteiger partial charge on any atom is -0.382 e. The van der Waals surface area contributed by atoms with Crippen LogP contribution in [0.5, 0.6) is 0 Å². The van der Waals surface area contributed by atoms with Gasteiger partial charge in [0, 0.05) is 11.0 Å². The molecule has 0 spiro atoms. The molecule has 1 aliphatic heterocycles. The standard InChI is InChI=1S/C10H9BrFN/c11-6-2-8-7-1-5(7)4-13-10(8)9(12)3-6/h2-3,5,7,13H,1,4H2. The highest BCUT2D eigenvalue weighted by Crippen LogP contribution is 2.53. The van der Waals surface area contributed by atoms with Gasteiger partial charge in [0.25, 0.3) is 0 Å². The van der Waals surface area contributed by atoms with E-state index in [1.807, 2.05) is 6.07 Å². The van der Waals surface area contributed by atoms with Crippen LogP contribution in [0, 0.1) is 11.7 Å². The van der Waals surface area contributed by atoms with Crippen molar-refractivity contribution in [2.45, 2.75) is 12.3 Å². The van der Waals surface area contributed by atoms with Gasteiger partial charge < -0.3 is 5.32 Å². The SMILES string of the molecule is Fc1cc(Br)cc2c1NCC1CC21. The van der Waals surface area contributed by atoms with Gasteiger partial charge in [-0.3, -0.25) is 0 Å². The van der Waals surface area contributed by atoms with Crippen LogP contribution in [-0.2, 0) is 0 Å². The maximum Gasteiger partial charge on any atom is 0.147 e. The second-order valence-electron chi connectivity index (χ2n) is 3.84. The number of rotatable bonds is 0. The summed E-state index contributed by atoms with van der Waals surface area (Å²) in [5, 5.41) is 3.15. The maximum atomic E-state index is 13.4. The first-order valence-corrected chi connectivity index (χ1v) is 5.28. The normalized spacial score (nSPS) is 28.8. The Bertz CT molecular complexity index is 377. The Balaban J connectivity index is 2.19. The molecular formula is C10H9BrFN. The molecule has 0 amide bonds. The number of nitrogens with one attached hydrogen (secondary N) is 1. The minimum atomic E-state index is -0.130. The molecule has 1 aromatic carbocycles. The van der Waals surface area contributed by atoms with Crippen LogP contribution in [0.4, 0.5) is 10.1 Å². The highest BCUT2D eigenvalue weighted by atomic mass is 79.9. The molecule has 1 nitrogen and oxygen atoms in total. The van der Waals surface area contributed by atoms with E-state index in [2.05, 4.69) is 21.2 Å². The molecule has 0 radical (unpaired) electrons. The number of halogens is 2. The molecule has 1 aromatic rings. The van der Waals surface area contributed by atoms with Gasteiger partial charge in [-0.1, -0.05) is 15.9 Å². The fourth-order valence-corrected chi connectivity index (χ4v) is 2.61. The molecule has 1 fully saturated rings. The molecule has 0 aromatic heterocycles. The Morgan fingerprint density at radius 2 is 2.31 bits per heavy atom. The molecule has 0 bridgehead atoms. The molecule has 1 saturated carbocycles. The lowest BCUT2D eigenvalue weighted by Crippen LogP contribution is -2.13. The highest BCUT2D eigenvalue weighted by Gasteiger charge is 2.43. The van der Waals surface area contributed by atoms with Crippen LogP contribution in [-0.4, -0.2) is 6.54 Å². The van der Waals surface area contributed by atoms with E-state index in [0.29, 0.717) is 5.92 Å². The molecule has 1 heterocycles. The molecule has 13 heavy (non-hydrogen) atoms. The molecule has 2 unspecified atom stereocenters. The fraction of sp³-hybridized carbons (Fsp3) is 0.400. The van der Waals surface area contributed by atoms with Crippen LogP contribution in [0.2, 0.25) is 0 Å².